The first-order valence-corrected chi connectivity index (χ1v) is 6.26. The van der Waals surface area contributed by atoms with Crippen molar-refractivity contribution >= 4 is 5.78 Å². The summed E-state index contributed by atoms with van der Waals surface area (Å²) in [6.07, 6.45) is 5.01. The highest BCUT2D eigenvalue weighted by Gasteiger charge is 2.07. The fraction of sp³-hybridized carbons (Fsp3) is 0.333. The highest BCUT2D eigenvalue weighted by atomic mass is 16.1. The Hall–Kier alpha value is -1.90. The number of benzene rings is 1. The van der Waals surface area contributed by atoms with Crippen LogP contribution in [0, 0.1) is 6.92 Å². The third-order valence-corrected chi connectivity index (χ3v) is 3.03. The fourth-order valence-corrected chi connectivity index (χ4v) is 2.06. The van der Waals surface area contributed by atoms with Crippen LogP contribution in [-0.2, 0) is 6.54 Å². The SMILES string of the molecule is CCCn1cc(-c2ccc(C(C)=O)cc2C)cn1. The van der Waals surface area contributed by atoms with E-state index in [1.54, 1.807) is 6.92 Å². The van der Waals surface area contributed by atoms with Crippen LogP contribution in [0.5, 0.6) is 0 Å². The van der Waals surface area contributed by atoms with Gasteiger partial charge in [-0.1, -0.05) is 19.1 Å². The Morgan fingerprint density at radius 1 is 1.39 bits per heavy atom. The number of carbonyl (C=O) groups is 1. The highest BCUT2D eigenvalue weighted by molar-refractivity contribution is 5.94. The van der Waals surface area contributed by atoms with Gasteiger partial charge in [-0.25, -0.2) is 0 Å². The van der Waals surface area contributed by atoms with Crippen LogP contribution in [0.25, 0.3) is 11.1 Å². The number of ketones is 1. The summed E-state index contributed by atoms with van der Waals surface area (Å²) in [6, 6.07) is 5.82. The summed E-state index contributed by atoms with van der Waals surface area (Å²) < 4.78 is 1.95. The number of nitrogens with zero attached hydrogens (tertiary/aromatic N) is 2. The molecule has 0 aliphatic rings. The standard InChI is InChI=1S/C15H18N2O/c1-4-7-17-10-14(9-16-17)15-6-5-13(12(3)18)8-11(15)2/h5-6,8-10H,4,7H2,1-3H3. The molecule has 0 radical (unpaired) electrons. The van der Waals surface area contributed by atoms with Crippen molar-refractivity contribution in [2.75, 3.05) is 0 Å². The first-order valence-electron chi connectivity index (χ1n) is 6.26. The summed E-state index contributed by atoms with van der Waals surface area (Å²) >= 11 is 0. The Morgan fingerprint density at radius 3 is 2.78 bits per heavy atom. The van der Waals surface area contributed by atoms with E-state index in [1.807, 2.05) is 36.0 Å². The Morgan fingerprint density at radius 2 is 2.17 bits per heavy atom. The molecule has 0 bridgehead atoms. The molecule has 2 rings (SSSR count). The first kappa shape index (κ1) is 12.6. The second-order valence-electron chi connectivity index (χ2n) is 4.58. The van der Waals surface area contributed by atoms with Crippen LogP contribution in [0.4, 0.5) is 0 Å². The fourth-order valence-electron chi connectivity index (χ4n) is 2.06. The lowest BCUT2D eigenvalue weighted by Crippen LogP contribution is -1.95. The minimum atomic E-state index is 0.103. The molecule has 0 saturated heterocycles. The van der Waals surface area contributed by atoms with Crippen LogP contribution in [0.1, 0.15) is 36.2 Å². The van der Waals surface area contributed by atoms with Crippen LogP contribution in [0.15, 0.2) is 30.6 Å². The molecule has 3 heteroatoms. The van der Waals surface area contributed by atoms with E-state index < -0.39 is 0 Å². The zero-order valence-corrected chi connectivity index (χ0v) is 11.1. The van der Waals surface area contributed by atoms with E-state index in [4.69, 9.17) is 0 Å². The van der Waals surface area contributed by atoms with Gasteiger partial charge in [0.2, 0.25) is 0 Å². The normalized spacial score (nSPS) is 10.6. The molecule has 0 saturated carbocycles. The molecule has 0 amide bonds. The highest BCUT2D eigenvalue weighted by Crippen LogP contribution is 2.24. The predicted molar refractivity (Wildman–Crippen MR) is 72.7 cm³/mol. The van der Waals surface area contributed by atoms with Crippen molar-refractivity contribution < 1.29 is 4.79 Å². The van der Waals surface area contributed by atoms with Crippen molar-refractivity contribution in [3.63, 3.8) is 0 Å². The average molecular weight is 242 g/mol. The Bertz CT molecular complexity index is 570. The van der Waals surface area contributed by atoms with Crippen LogP contribution in [-0.4, -0.2) is 15.6 Å². The van der Waals surface area contributed by atoms with Crippen molar-refractivity contribution in [1.29, 1.82) is 0 Å². The van der Waals surface area contributed by atoms with Crippen LogP contribution >= 0.6 is 0 Å². The molecule has 3 nitrogen and oxygen atoms in total. The van der Waals surface area contributed by atoms with E-state index in [0.29, 0.717) is 0 Å². The van der Waals surface area contributed by atoms with Crippen LogP contribution in [0.3, 0.4) is 0 Å². The molecule has 1 heterocycles. The minimum Gasteiger partial charge on any atom is -0.295 e. The molecular formula is C15H18N2O. The number of aromatic nitrogens is 2. The Kier molecular flexibility index (Phi) is 3.60. The molecule has 94 valence electrons. The average Bonchev–Trinajstić information content (AvgIpc) is 2.77. The van der Waals surface area contributed by atoms with E-state index in [0.717, 1.165) is 35.2 Å². The van der Waals surface area contributed by atoms with Gasteiger partial charge in [0.1, 0.15) is 0 Å². The van der Waals surface area contributed by atoms with E-state index in [-0.39, 0.29) is 5.78 Å². The summed E-state index contributed by atoms with van der Waals surface area (Å²) in [4.78, 5) is 11.3. The maximum absolute atomic E-state index is 11.3. The summed E-state index contributed by atoms with van der Waals surface area (Å²) in [5.74, 6) is 0.103. The molecule has 0 aliphatic carbocycles. The van der Waals surface area contributed by atoms with E-state index in [9.17, 15) is 4.79 Å². The summed E-state index contributed by atoms with van der Waals surface area (Å²) in [5.41, 5.74) is 4.12. The first-order chi connectivity index (χ1) is 8.61. The van der Waals surface area contributed by atoms with Gasteiger partial charge in [-0.3, -0.25) is 9.48 Å². The van der Waals surface area contributed by atoms with Gasteiger partial charge in [0.15, 0.2) is 5.78 Å². The van der Waals surface area contributed by atoms with Gasteiger partial charge in [0.25, 0.3) is 0 Å². The quantitative estimate of drug-likeness (QED) is 0.769. The third kappa shape index (κ3) is 2.50. The minimum absolute atomic E-state index is 0.103. The van der Waals surface area contributed by atoms with Crippen LogP contribution in [0.2, 0.25) is 0 Å². The van der Waals surface area contributed by atoms with Crippen molar-refractivity contribution in [1.82, 2.24) is 9.78 Å². The number of hydrogen-bond donors (Lipinski definition) is 0. The van der Waals surface area contributed by atoms with Gasteiger partial charge < -0.3 is 0 Å². The molecule has 0 unspecified atom stereocenters. The molecule has 0 spiro atoms. The zero-order chi connectivity index (χ0) is 13.1. The number of rotatable bonds is 4. The molecule has 0 N–H and O–H groups in total. The lowest BCUT2D eigenvalue weighted by molar-refractivity contribution is 0.101. The Balaban J connectivity index is 2.35. The van der Waals surface area contributed by atoms with Gasteiger partial charge in [0.05, 0.1) is 6.20 Å². The van der Waals surface area contributed by atoms with Crippen LogP contribution < -0.4 is 0 Å². The largest absolute Gasteiger partial charge is 0.295 e. The number of aryl methyl sites for hydroxylation is 2. The Labute approximate surface area is 107 Å². The summed E-state index contributed by atoms with van der Waals surface area (Å²) in [6.45, 7) is 6.69. The third-order valence-electron chi connectivity index (χ3n) is 3.03. The van der Waals surface area contributed by atoms with Gasteiger partial charge in [-0.05, 0) is 37.5 Å². The molecule has 2 aromatic rings. The van der Waals surface area contributed by atoms with Crippen molar-refractivity contribution in [3.05, 3.63) is 41.7 Å². The maximum atomic E-state index is 11.3. The van der Waals surface area contributed by atoms with E-state index >= 15 is 0 Å². The molecule has 0 atom stereocenters. The smallest absolute Gasteiger partial charge is 0.159 e. The molecule has 18 heavy (non-hydrogen) atoms. The number of carbonyl (C=O) groups excluding carboxylic acids is 1. The number of Topliss-reactive ketones (excluding diaryl/α,β-unsaturated/α-hetero) is 1. The van der Waals surface area contributed by atoms with Crippen molar-refractivity contribution in [2.45, 2.75) is 33.7 Å². The monoisotopic (exact) mass is 242 g/mol. The van der Waals surface area contributed by atoms with E-state index in [2.05, 4.69) is 18.2 Å². The molecule has 0 aliphatic heterocycles. The van der Waals surface area contributed by atoms with Gasteiger partial charge in [0, 0.05) is 23.9 Å². The van der Waals surface area contributed by atoms with Crippen molar-refractivity contribution in [3.8, 4) is 11.1 Å². The van der Waals surface area contributed by atoms with Gasteiger partial charge >= 0.3 is 0 Å². The van der Waals surface area contributed by atoms with Gasteiger partial charge in [-0.2, -0.15) is 5.10 Å². The molecule has 1 aromatic heterocycles. The van der Waals surface area contributed by atoms with Gasteiger partial charge in [-0.15, -0.1) is 0 Å². The molecule has 0 fully saturated rings. The molecule has 1 aromatic carbocycles. The second kappa shape index (κ2) is 5.17. The topological polar surface area (TPSA) is 34.9 Å². The number of hydrogen-bond acceptors (Lipinski definition) is 2. The lowest BCUT2D eigenvalue weighted by atomic mass is 9.99. The lowest BCUT2D eigenvalue weighted by Gasteiger charge is -2.05. The predicted octanol–water partition coefficient (Wildman–Crippen LogP) is 3.47. The molecular weight excluding hydrogens is 224 g/mol. The summed E-state index contributed by atoms with van der Waals surface area (Å²) in [5, 5.41) is 4.33. The zero-order valence-electron chi connectivity index (χ0n) is 11.1. The van der Waals surface area contributed by atoms with Crippen molar-refractivity contribution in [2.24, 2.45) is 0 Å². The van der Waals surface area contributed by atoms with E-state index in [1.165, 1.54) is 0 Å². The summed E-state index contributed by atoms with van der Waals surface area (Å²) in [7, 11) is 0. The maximum Gasteiger partial charge on any atom is 0.159 e. The second-order valence-corrected chi connectivity index (χ2v) is 4.58.